The molecule has 1 aromatic carbocycles. The molecular weight excluding hydrogens is 360 g/mol. The summed E-state index contributed by atoms with van der Waals surface area (Å²) in [4.78, 5) is 14.6. The fourth-order valence-corrected chi connectivity index (χ4v) is 3.52. The van der Waals surface area contributed by atoms with Crippen LogP contribution < -0.4 is 10.2 Å². The van der Waals surface area contributed by atoms with Gasteiger partial charge in [0.05, 0.1) is 17.1 Å². The van der Waals surface area contributed by atoms with Crippen LogP contribution in [0.15, 0.2) is 27.8 Å². The van der Waals surface area contributed by atoms with Crippen LogP contribution in [0.4, 0.5) is 11.4 Å². The number of carbonyl (C=O) groups is 1. The molecule has 8 heteroatoms. The molecule has 0 radical (unpaired) electrons. The molecule has 0 spiro atoms. The van der Waals surface area contributed by atoms with Gasteiger partial charge in [-0.15, -0.1) is 10.2 Å². The molecule has 0 unspecified atom stereocenters. The predicted molar refractivity (Wildman–Crippen MR) is 101 cm³/mol. The Morgan fingerprint density at radius 2 is 2.12 bits per heavy atom. The molecule has 0 saturated carbocycles. The second-order valence-corrected chi connectivity index (χ2v) is 7.22. The number of hydrogen-bond acceptors (Lipinski definition) is 6. The van der Waals surface area contributed by atoms with E-state index in [1.165, 1.54) is 31.0 Å². The molecule has 0 aliphatic carbocycles. The number of aromatic nitrogens is 2. The lowest BCUT2D eigenvalue weighted by molar-refractivity contribution is -0.113. The average molecular weight is 381 g/mol. The number of piperidine rings is 1. The van der Waals surface area contributed by atoms with E-state index < -0.39 is 0 Å². The summed E-state index contributed by atoms with van der Waals surface area (Å²) >= 11 is 7.35. The van der Waals surface area contributed by atoms with Crippen LogP contribution in [0.25, 0.3) is 0 Å². The van der Waals surface area contributed by atoms with E-state index in [9.17, 15) is 4.79 Å². The Labute approximate surface area is 156 Å². The van der Waals surface area contributed by atoms with Crippen LogP contribution in [-0.4, -0.2) is 34.9 Å². The zero-order chi connectivity index (χ0) is 17.6. The largest absolute Gasteiger partial charge is 0.416 e. The first-order chi connectivity index (χ1) is 12.2. The highest BCUT2D eigenvalue weighted by Crippen LogP contribution is 2.31. The van der Waals surface area contributed by atoms with E-state index >= 15 is 0 Å². The first-order valence-corrected chi connectivity index (χ1v) is 9.81. The Morgan fingerprint density at radius 3 is 2.84 bits per heavy atom. The van der Waals surface area contributed by atoms with Crippen LogP contribution >= 0.6 is 23.4 Å². The molecule has 3 rings (SSSR count). The number of aryl methyl sites for hydroxylation is 1. The predicted octanol–water partition coefficient (Wildman–Crippen LogP) is 4.01. The number of carbonyl (C=O) groups excluding carboxylic acids is 1. The van der Waals surface area contributed by atoms with Crippen molar-refractivity contribution in [1.82, 2.24) is 10.2 Å². The van der Waals surface area contributed by atoms with Gasteiger partial charge < -0.3 is 14.6 Å². The highest BCUT2D eigenvalue weighted by Gasteiger charge is 2.17. The van der Waals surface area contributed by atoms with Crippen molar-refractivity contribution in [3.8, 4) is 0 Å². The number of nitrogens with zero attached hydrogens (tertiary/aromatic N) is 3. The monoisotopic (exact) mass is 380 g/mol. The second kappa shape index (κ2) is 8.58. The van der Waals surface area contributed by atoms with E-state index in [1.54, 1.807) is 6.07 Å². The van der Waals surface area contributed by atoms with Crippen LogP contribution in [-0.2, 0) is 11.2 Å². The maximum atomic E-state index is 12.3. The second-order valence-electron chi connectivity index (χ2n) is 5.86. The maximum Gasteiger partial charge on any atom is 0.277 e. The zero-order valence-corrected chi connectivity index (χ0v) is 15.7. The summed E-state index contributed by atoms with van der Waals surface area (Å²) in [6, 6.07) is 5.64. The first-order valence-electron chi connectivity index (χ1n) is 8.45. The van der Waals surface area contributed by atoms with Crippen molar-refractivity contribution in [2.75, 3.05) is 29.1 Å². The minimum Gasteiger partial charge on any atom is -0.416 e. The van der Waals surface area contributed by atoms with E-state index in [-0.39, 0.29) is 11.7 Å². The van der Waals surface area contributed by atoms with Crippen LogP contribution in [0.2, 0.25) is 5.02 Å². The Hall–Kier alpha value is -1.73. The zero-order valence-electron chi connectivity index (χ0n) is 14.1. The summed E-state index contributed by atoms with van der Waals surface area (Å²) in [6.45, 7) is 3.94. The molecule has 1 amide bonds. The van der Waals surface area contributed by atoms with Gasteiger partial charge in [-0.1, -0.05) is 30.3 Å². The number of rotatable bonds is 6. The fourth-order valence-electron chi connectivity index (χ4n) is 2.77. The summed E-state index contributed by atoms with van der Waals surface area (Å²) < 4.78 is 5.40. The summed E-state index contributed by atoms with van der Waals surface area (Å²) in [5.41, 5.74) is 1.77. The van der Waals surface area contributed by atoms with Crippen molar-refractivity contribution in [2.45, 2.75) is 37.8 Å². The van der Waals surface area contributed by atoms with Crippen molar-refractivity contribution >= 4 is 40.6 Å². The third kappa shape index (κ3) is 4.89. The number of amides is 1. The third-order valence-electron chi connectivity index (χ3n) is 4.01. The molecule has 0 bridgehead atoms. The fraction of sp³-hybridized carbons (Fsp3) is 0.471. The molecule has 1 saturated heterocycles. The van der Waals surface area contributed by atoms with Crippen molar-refractivity contribution in [2.24, 2.45) is 0 Å². The van der Waals surface area contributed by atoms with Gasteiger partial charge in [0, 0.05) is 24.5 Å². The molecule has 1 aliphatic rings. The smallest absolute Gasteiger partial charge is 0.277 e. The number of benzene rings is 1. The van der Waals surface area contributed by atoms with Crippen molar-refractivity contribution < 1.29 is 9.21 Å². The van der Waals surface area contributed by atoms with E-state index in [4.69, 9.17) is 16.0 Å². The number of halogens is 1. The third-order valence-corrected chi connectivity index (χ3v) is 5.06. The molecule has 134 valence electrons. The van der Waals surface area contributed by atoms with Crippen molar-refractivity contribution in [3.63, 3.8) is 0 Å². The van der Waals surface area contributed by atoms with Gasteiger partial charge in [0.2, 0.25) is 11.8 Å². The van der Waals surface area contributed by atoms with Gasteiger partial charge >= 0.3 is 0 Å². The standard InChI is InChI=1S/C17H21ClN4O2S/c1-2-16-20-21-17(24-16)25-11-15(23)19-13-10-12(18)6-7-14(13)22-8-4-3-5-9-22/h6-7,10H,2-5,8-9,11H2,1H3,(H,19,23). The Morgan fingerprint density at radius 1 is 1.32 bits per heavy atom. The van der Waals surface area contributed by atoms with Crippen molar-refractivity contribution in [3.05, 3.63) is 29.1 Å². The van der Waals surface area contributed by atoms with E-state index in [2.05, 4.69) is 20.4 Å². The van der Waals surface area contributed by atoms with Crippen LogP contribution in [0, 0.1) is 0 Å². The van der Waals surface area contributed by atoms with E-state index in [0.29, 0.717) is 22.6 Å². The molecular formula is C17H21ClN4O2S. The molecule has 1 N–H and O–H groups in total. The number of thioether (sulfide) groups is 1. The molecule has 1 aliphatic heterocycles. The van der Waals surface area contributed by atoms with Crippen LogP contribution in [0.3, 0.4) is 0 Å². The minimum atomic E-state index is -0.123. The van der Waals surface area contributed by atoms with Crippen LogP contribution in [0.5, 0.6) is 0 Å². The normalized spacial score (nSPS) is 14.6. The van der Waals surface area contributed by atoms with E-state index in [0.717, 1.165) is 24.5 Å². The molecule has 0 atom stereocenters. The SMILES string of the molecule is CCc1nnc(SCC(=O)Nc2cc(Cl)ccc2N2CCCCC2)o1. The first kappa shape index (κ1) is 18.1. The van der Waals surface area contributed by atoms with Crippen molar-refractivity contribution in [1.29, 1.82) is 0 Å². The number of nitrogens with one attached hydrogen (secondary N) is 1. The summed E-state index contributed by atoms with van der Waals surface area (Å²) in [7, 11) is 0. The molecule has 25 heavy (non-hydrogen) atoms. The van der Waals surface area contributed by atoms with Gasteiger partial charge in [-0.05, 0) is 37.5 Å². The molecule has 2 heterocycles. The quantitative estimate of drug-likeness (QED) is 0.763. The molecule has 1 aromatic heterocycles. The lowest BCUT2D eigenvalue weighted by atomic mass is 10.1. The lowest BCUT2D eigenvalue weighted by Crippen LogP contribution is -2.30. The lowest BCUT2D eigenvalue weighted by Gasteiger charge is -2.30. The highest BCUT2D eigenvalue weighted by molar-refractivity contribution is 7.99. The highest BCUT2D eigenvalue weighted by atomic mass is 35.5. The Bertz CT molecular complexity index is 731. The summed E-state index contributed by atoms with van der Waals surface area (Å²) in [5, 5.41) is 11.8. The number of anilines is 2. The molecule has 6 nitrogen and oxygen atoms in total. The Kier molecular flexibility index (Phi) is 6.20. The van der Waals surface area contributed by atoms with Gasteiger partial charge in [0.15, 0.2) is 0 Å². The van der Waals surface area contributed by atoms with Gasteiger partial charge in [0.1, 0.15) is 0 Å². The van der Waals surface area contributed by atoms with Gasteiger partial charge in [0.25, 0.3) is 5.22 Å². The van der Waals surface area contributed by atoms with Gasteiger partial charge in [-0.25, -0.2) is 0 Å². The number of hydrogen-bond donors (Lipinski definition) is 1. The Balaban J connectivity index is 1.64. The van der Waals surface area contributed by atoms with Gasteiger partial charge in [-0.3, -0.25) is 4.79 Å². The molecule has 2 aromatic rings. The summed E-state index contributed by atoms with van der Waals surface area (Å²) in [5.74, 6) is 0.656. The minimum absolute atomic E-state index is 0.123. The van der Waals surface area contributed by atoms with Crippen LogP contribution in [0.1, 0.15) is 32.1 Å². The van der Waals surface area contributed by atoms with E-state index in [1.807, 2.05) is 19.1 Å². The average Bonchev–Trinajstić information content (AvgIpc) is 3.09. The maximum absolute atomic E-state index is 12.3. The summed E-state index contributed by atoms with van der Waals surface area (Å²) in [6.07, 6.45) is 4.28. The molecule has 1 fully saturated rings. The topological polar surface area (TPSA) is 71.3 Å². The van der Waals surface area contributed by atoms with Gasteiger partial charge in [-0.2, -0.15) is 0 Å².